The van der Waals surface area contributed by atoms with Crippen molar-refractivity contribution in [2.45, 2.75) is 51.7 Å². The SMILES string of the molecule is Cc1ccc(CC(=O)NCc2ccc3c(c2)CN([C@@]2(C)CCC(=O)NC2=O)C3=O)cc1. The minimum atomic E-state index is -1.05. The molecule has 0 aliphatic carbocycles. The summed E-state index contributed by atoms with van der Waals surface area (Å²) in [6.07, 6.45) is 0.823. The van der Waals surface area contributed by atoms with Gasteiger partial charge >= 0.3 is 0 Å². The van der Waals surface area contributed by atoms with Crippen LogP contribution in [0.2, 0.25) is 0 Å². The van der Waals surface area contributed by atoms with Gasteiger partial charge in [0.25, 0.3) is 11.8 Å². The van der Waals surface area contributed by atoms with Gasteiger partial charge in [0.15, 0.2) is 0 Å². The molecule has 7 nitrogen and oxygen atoms in total. The Morgan fingerprint density at radius 2 is 1.81 bits per heavy atom. The molecule has 1 saturated heterocycles. The summed E-state index contributed by atoms with van der Waals surface area (Å²) in [5.41, 5.74) is 3.32. The summed E-state index contributed by atoms with van der Waals surface area (Å²) >= 11 is 0. The highest BCUT2D eigenvalue weighted by Crippen LogP contribution is 2.34. The maximum Gasteiger partial charge on any atom is 0.255 e. The predicted molar refractivity (Wildman–Crippen MR) is 114 cm³/mol. The maximum atomic E-state index is 12.9. The molecule has 0 spiro atoms. The summed E-state index contributed by atoms with van der Waals surface area (Å²) in [6.45, 7) is 4.37. The van der Waals surface area contributed by atoms with E-state index < -0.39 is 11.4 Å². The summed E-state index contributed by atoms with van der Waals surface area (Å²) < 4.78 is 0. The van der Waals surface area contributed by atoms with Crippen molar-refractivity contribution in [2.75, 3.05) is 0 Å². The summed E-state index contributed by atoms with van der Waals surface area (Å²) in [5, 5.41) is 5.26. The first-order chi connectivity index (χ1) is 14.8. The van der Waals surface area contributed by atoms with Crippen LogP contribution in [0.3, 0.4) is 0 Å². The fourth-order valence-electron chi connectivity index (χ4n) is 4.09. The summed E-state index contributed by atoms with van der Waals surface area (Å²) in [6, 6.07) is 13.3. The van der Waals surface area contributed by atoms with Crippen LogP contribution in [-0.4, -0.2) is 34.1 Å². The van der Waals surface area contributed by atoms with E-state index in [0.717, 1.165) is 22.3 Å². The van der Waals surface area contributed by atoms with Gasteiger partial charge in [-0.25, -0.2) is 0 Å². The lowest BCUT2D eigenvalue weighted by Gasteiger charge is -2.39. The zero-order valence-electron chi connectivity index (χ0n) is 17.7. The normalized spacial score (nSPS) is 20.5. The zero-order valence-corrected chi connectivity index (χ0v) is 17.7. The van der Waals surface area contributed by atoms with Crippen LogP contribution in [0.4, 0.5) is 0 Å². The summed E-state index contributed by atoms with van der Waals surface area (Å²) in [5.74, 6) is -1.03. The number of amides is 4. The molecule has 0 unspecified atom stereocenters. The number of fused-ring (bicyclic) bond motifs is 1. The molecule has 7 heteroatoms. The molecule has 2 aromatic rings. The predicted octanol–water partition coefficient (Wildman–Crippen LogP) is 2.01. The van der Waals surface area contributed by atoms with Crippen LogP contribution in [0.15, 0.2) is 42.5 Å². The fraction of sp³-hybridized carbons (Fsp3) is 0.333. The molecule has 0 radical (unpaired) electrons. The molecular formula is C24H25N3O4. The zero-order chi connectivity index (χ0) is 22.2. The highest BCUT2D eigenvalue weighted by molar-refractivity contribution is 6.07. The topological polar surface area (TPSA) is 95.6 Å². The largest absolute Gasteiger partial charge is 0.352 e. The van der Waals surface area contributed by atoms with Gasteiger partial charge in [0.2, 0.25) is 11.8 Å². The molecule has 1 fully saturated rings. The van der Waals surface area contributed by atoms with Crippen molar-refractivity contribution in [3.63, 3.8) is 0 Å². The number of nitrogens with zero attached hydrogens (tertiary/aromatic N) is 1. The number of hydrogen-bond acceptors (Lipinski definition) is 4. The molecule has 4 rings (SSSR count). The van der Waals surface area contributed by atoms with Crippen LogP contribution in [-0.2, 0) is 33.9 Å². The molecule has 0 bridgehead atoms. The third-order valence-electron chi connectivity index (χ3n) is 6.13. The van der Waals surface area contributed by atoms with Crippen molar-refractivity contribution in [3.05, 3.63) is 70.3 Å². The Morgan fingerprint density at radius 3 is 2.52 bits per heavy atom. The molecule has 4 amide bonds. The van der Waals surface area contributed by atoms with E-state index in [1.807, 2.05) is 43.3 Å². The first-order valence-electron chi connectivity index (χ1n) is 10.4. The average molecular weight is 419 g/mol. The average Bonchev–Trinajstić information content (AvgIpc) is 3.08. The van der Waals surface area contributed by atoms with Crippen molar-refractivity contribution >= 4 is 23.6 Å². The number of piperidine rings is 1. The number of carbonyl (C=O) groups is 4. The van der Waals surface area contributed by atoms with E-state index in [9.17, 15) is 19.2 Å². The van der Waals surface area contributed by atoms with E-state index in [1.165, 1.54) is 0 Å². The van der Waals surface area contributed by atoms with Gasteiger partial charge in [0.05, 0.1) is 6.42 Å². The third-order valence-corrected chi connectivity index (χ3v) is 6.13. The highest BCUT2D eigenvalue weighted by atomic mass is 16.2. The van der Waals surface area contributed by atoms with Gasteiger partial charge in [-0.2, -0.15) is 0 Å². The van der Waals surface area contributed by atoms with Gasteiger partial charge in [0, 0.05) is 25.1 Å². The fourth-order valence-corrected chi connectivity index (χ4v) is 4.09. The Balaban J connectivity index is 1.41. The summed E-state index contributed by atoms with van der Waals surface area (Å²) in [4.78, 5) is 50.7. The lowest BCUT2D eigenvalue weighted by molar-refractivity contribution is -0.142. The van der Waals surface area contributed by atoms with Gasteiger partial charge in [0.1, 0.15) is 5.54 Å². The van der Waals surface area contributed by atoms with Gasteiger partial charge in [-0.1, -0.05) is 42.0 Å². The molecule has 0 aromatic heterocycles. The maximum absolute atomic E-state index is 12.9. The lowest BCUT2D eigenvalue weighted by atomic mass is 9.89. The molecule has 1 atom stereocenters. The molecule has 31 heavy (non-hydrogen) atoms. The van der Waals surface area contributed by atoms with Crippen LogP contribution in [0.1, 0.15) is 52.4 Å². The molecular weight excluding hydrogens is 394 g/mol. The number of rotatable bonds is 5. The number of aryl methyl sites for hydroxylation is 1. The minimum absolute atomic E-state index is 0.0712. The van der Waals surface area contributed by atoms with Gasteiger partial charge in [-0.15, -0.1) is 0 Å². The van der Waals surface area contributed by atoms with Crippen molar-refractivity contribution < 1.29 is 19.2 Å². The van der Waals surface area contributed by atoms with E-state index in [4.69, 9.17) is 0 Å². The number of nitrogens with one attached hydrogen (secondary N) is 2. The molecule has 2 aliphatic heterocycles. The quantitative estimate of drug-likeness (QED) is 0.725. The highest BCUT2D eigenvalue weighted by Gasteiger charge is 2.48. The van der Waals surface area contributed by atoms with Gasteiger partial charge in [-0.05, 0) is 43.0 Å². The molecule has 2 N–H and O–H groups in total. The Kier molecular flexibility index (Phi) is 5.35. The Hall–Kier alpha value is -3.48. The second-order valence-electron chi connectivity index (χ2n) is 8.47. The number of hydrogen-bond donors (Lipinski definition) is 2. The van der Waals surface area contributed by atoms with Crippen molar-refractivity contribution in [2.24, 2.45) is 0 Å². The molecule has 2 heterocycles. The first-order valence-corrected chi connectivity index (χ1v) is 10.4. The Labute approximate surface area is 180 Å². The van der Waals surface area contributed by atoms with Crippen molar-refractivity contribution in [1.29, 1.82) is 0 Å². The molecule has 0 saturated carbocycles. The van der Waals surface area contributed by atoms with Crippen LogP contribution < -0.4 is 10.6 Å². The molecule has 2 aromatic carbocycles. The summed E-state index contributed by atoms with van der Waals surface area (Å²) in [7, 11) is 0. The number of benzene rings is 2. The smallest absolute Gasteiger partial charge is 0.255 e. The van der Waals surface area contributed by atoms with Crippen LogP contribution in [0.25, 0.3) is 0 Å². The minimum Gasteiger partial charge on any atom is -0.352 e. The van der Waals surface area contributed by atoms with Crippen LogP contribution >= 0.6 is 0 Å². The van der Waals surface area contributed by atoms with Crippen molar-refractivity contribution in [1.82, 2.24) is 15.5 Å². The second-order valence-corrected chi connectivity index (χ2v) is 8.47. The number of carbonyl (C=O) groups excluding carboxylic acids is 4. The monoisotopic (exact) mass is 419 g/mol. The number of imide groups is 1. The van der Waals surface area contributed by atoms with Gasteiger partial charge < -0.3 is 10.2 Å². The van der Waals surface area contributed by atoms with E-state index in [0.29, 0.717) is 31.5 Å². The van der Waals surface area contributed by atoms with E-state index in [-0.39, 0.29) is 24.1 Å². The van der Waals surface area contributed by atoms with E-state index in [1.54, 1.807) is 17.9 Å². The third kappa shape index (κ3) is 4.08. The van der Waals surface area contributed by atoms with E-state index in [2.05, 4.69) is 10.6 Å². The van der Waals surface area contributed by atoms with Crippen molar-refractivity contribution in [3.8, 4) is 0 Å². The van der Waals surface area contributed by atoms with Crippen LogP contribution in [0, 0.1) is 6.92 Å². The standard InChI is InChI=1S/C24H25N3O4/c1-15-3-5-16(6-4-15)12-21(29)25-13-17-7-8-19-18(11-17)14-27(22(19)30)24(2)10-9-20(28)26-23(24)31/h3-8,11H,9-10,12-14H2,1-2H3,(H,25,29)(H,26,28,31)/t24-/m0/s1. The molecule has 160 valence electrons. The van der Waals surface area contributed by atoms with Crippen LogP contribution in [0.5, 0.6) is 0 Å². The lowest BCUT2D eigenvalue weighted by Crippen LogP contribution is -2.61. The molecule has 2 aliphatic rings. The first kappa shape index (κ1) is 20.8. The van der Waals surface area contributed by atoms with E-state index >= 15 is 0 Å². The second kappa shape index (κ2) is 7.98. The van der Waals surface area contributed by atoms with Gasteiger partial charge in [-0.3, -0.25) is 24.5 Å². The Morgan fingerprint density at radius 1 is 1.10 bits per heavy atom. The Bertz CT molecular complexity index is 1080.